The van der Waals surface area contributed by atoms with Crippen LogP contribution in [0.15, 0.2) is 77.9 Å². The van der Waals surface area contributed by atoms with Gasteiger partial charge in [-0.2, -0.15) is 0 Å². The number of hydrogen-bond acceptors (Lipinski definition) is 7. The number of methoxy groups -OCH3 is 2. The molecule has 0 spiro atoms. The van der Waals surface area contributed by atoms with E-state index in [4.69, 9.17) is 14.2 Å². The number of Topliss-reactive ketones (excluding diaryl/α,β-unsaturated/α-hetero) is 1. The van der Waals surface area contributed by atoms with Crippen LogP contribution >= 0.6 is 0 Å². The molecule has 0 saturated carbocycles. The number of nitrogens with zero attached hydrogens (tertiary/aromatic N) is 4. The standard InChI is InChI=1S/C30H28N4O5/c1-19-29(30(36)34(33(19)2)18-20-8-6-5-7-9-20)25(35)14-21-10-11-22(17-32-21)39-26-12-13-31-24-16-28(38-4)27(37-3)15-23(24)26/h5-13,15-17H,14,18H2,1-4H3. The lowest BCUT2D eigenvalue weighted by molar-refractivity contribution is 0.0990. The number of ether oxygens (including phenoxy) is 3. The number of fused-ring (bicyclic) bond motifs is 1. The highest BCUT2D eigenvalue weighted by molar-refractivity contribution is 5.98. The van der Waals surface area contributed by atoms with Gasteiger partial charge < -0.3 is 14.2 Å². The molecule has 0 fully saturated rings. The molecule has 0 radical (unpaired) electrons. The fraction of sp³-hybridized carbons (Fsp3) is 0.200. The molecule has 9 nitrogen and oxygen atoms in total. The Morgan fingerprint density at radius 1 is 0.923 bits per heavy atom. The maximum atomic E-state index is 13.2. The maximum absolute atomic E-state index is 13.2. The van der Waals surface area contributed by atoms with E-state index in [1.807, 2.05) is 36.4 Å². The van der Waals surface area contributed by atoms with Crippen LogP contribution in [0.1, 0.15) is 27.3 Å². The van der Waals surface area contributed by atoms with Crippen molar-refractivity contribution in [1.29, 1.82) is 0 Å². The van der Waals surface area contributed by atoms with Crippen LogP contribution in [-0.2, 0) is 20.0 Å². The van der Waals surface area contributed by atoms with E-state index in [1.165, 1.54) is 0 Å². The second-order valence-electron chi connectivity index (χ2n) is 9.05. The van der Waals surface area contributed by atoms with Gasteiger partial charge in [0.1, 0.15) is 17.1 Å². The summed E-state index contributed by atoms with van der Waals surface area (Å²) in [6, 6.07) is 18.5. The summed E-state index contributed by atoms with van der Waals surface area (Å²) in [5.74, 6) is 1.93. The summed E-state index contributed by atoms with van der Waals surface area (Å²) in [5, 5.41) is 0.751. The second kappa shape index (κ2) is 10.8. The first-order valence-corrected chi connectivity index (χ1v) is 12.4. The van der Waals surface area contributed by atoms with Crippen molar-refractivity contribution in [3.05, 3.63) is 106 Å². The smallest absolute Gasteiger partial charge is 0.278 e. The van der Waals surface area contributed by atoms with E-state index >= 15 is 0 Å². The normalized spacial score (nSPS) is 11.0. The number of rotatable bonds is 9. The molecule has 0 amide bonds. The maximum Gasteiger partial charge on any atom is 0.278 e. The molecule has 0 bridgehead atoms. The highest BCUT2D eigenvalue weighted by atomic mass is 16.5. The molecule has 0 aliphatic carbocycles. The van der Waals surface area contributed by atoms with E-state index in [-0.39, 0.29) is 23.3 Å². The van der Waals surface area contributed by atoms with Crippen LogP contribution in [0.5, 0.6) is 23.0 Å². The van der Waals surface area contributed by atoms with E-state index in [1.54, 1.807) is 74.2 Å². The van der Waals surface area contributed by atoms with Crippen molar-refractivity contribution in [2.45, 2.75) is 19.9 Å². The monoisotopic (exact) mass is 524 g/mol. The summed E-state index contributed by atoms with van der Waals surface area (Å²) in [7, 11) is 4.93. The summed E-state index contributed by atoms with van der Waals surface area (Å²) in [5.41, 5.74) is 2.71. The summed E-state index contributed by atoms with van der Waals surface area (Å²) in [6.45, 7) is 2.17. The quantitative estimate of drug-likeness (QED) is 0.257. The third-order valence-electron chi connectivity index (χ3n) is 6.69. The minimum atomic E-state index is -0.305. The SMILES string of the molecule is COc1cc2nccc(Oc3ccc(CC(=O)c4c(C)n(C)n(Cc5ccccc5)c4=O)nc3)c2cc1OC. The molecular formula is C30H28N4O5. The average molecular weight is 525 g/mol. The fourth-order valence-corrected chi connectivity index (χ4v) is 4.51. The number of aromatic nitrogens is 4. The van der Waals surface area contributed by atoms with Crippen LogP contribution < -0.4 is 19.8 Å². The molecule has 0 aliphatic rings. The highest BCUT2D eigenvalue weighted by Crippen LogP contribution is 2.36. The molecular weight excluding hydrogens is 496 g/mol. The number of carbonyl (C=O) groups is 1. The zero-order valence-corrected chi connectivity index (χ0v) is 22.2. The van der Waals surface area contributed by atoms with Gasteiger partial charge in [0.2, 0.25) is 0 Å². The zero-order chi connectivity index (χ0) is 27.5. The summed E-state index contributed by atoms with van der Waals surface area (Å²) < 4.78 is 20.2. The molecule has 3 aromatic heterocycles. The van der Waals surface area contributed by atoms with Crippen molar-refractivity contribution in [3.8, 4) is 23.0 Å². The van der Waals surface area contributed by atoms with E-state index in [2.05, 4.69) is 9.97 Å². The predicted octanol–water partition coefficient (Wildman–Crippen LogP) is 4.72. The van der Waals surface area contributed by atoms with E-state index in [0.29, 0.717) is 46.4 Å². The van der Waals surface area contributed by atoms with Gasteiger partial charge in [-0.3, -0.25) is 24.2 Å². The van der Waals surface area contributed by atoms with Crippen LogP contribution in [-0.4, -0.2) is 39.3 Å². The Kier molecular flexibility index (Phi) is 7.14. The lowest BCUT2D eigenvalue weighted by atomic mass is 10.1. The average Bonchev–Trinajstić information content (AvgIpc) is 3.16. The Labute approximate surface area is 225 Å². The minimum Gasteiger partial charge on any atom is -0.493 e. The van der Waals surface area contributed by atoms with Crippen molar-refractivity contribution < 1.29 is 19.0 Å². The van der Waals surface area contributed by atoms with Crippen molar-refractivity contribution in [1.82, 2.24) is 19.3 Å². The molecule has 3 heterocycles. The van der Waals surface area contributed by atoms with Crippen LogP contribution in [0, 0.1) is 6.92 Å². The third kappa shape index (κ3) is 5.11. The van der Waals surface area contributed by atoms with Gasteiger partial charge in [0.15, 0.2) is 17.3 Å². The van der Waals surface area contributed by atoms with E-state index < -0.39 is 0 Å². The van der Waals surface area contributed by atoms with Crippen molar-refractivity contribution >= 4 is 16.7 Å². The number of hydrogen-bond donors (Lipinski definition) is 0. The number of benzene rings is 2. The zero-order valence-electron chi connectivity index (χ0n) is 22.2. The largest absolute Gasteiger partial charge is 0.493 e. The molecule has 5 aromatic rings. The van der Waals surface area contributed by atoms with Gasteiger partial charge in [0, 0.05) is 36.1 Å². The fourth-order valence-electron chi connectivity index (χ4n) is 4.51. The molecule has 0 unspecified atom stereocenters. The second-order valence-corrected chi connectivity index (χ2v) is 9.05. The Balaban J connectivity index is 1.34. The molecule has 9 heteroatoms. The summed E-state index contributed by atoms with van der Waals surface area (Å²) in [6.07, 6.45) is 3.21. The molecule has 0 saturated heterocycles. The number of pyridine rings is 2. The first-order chi connectivity index (χ1) is 18.9. The van der Waals surface area contributed by atoms with Crippen molar-refractivity contribution in [2.75, 3.05) is 14.2 Å². The first kappa shape index (κ1) is 25.7. The molecule has 2 aromatic carbocycles. The van der Waals surface area contributed by atoms with Gasteiger partial charge in [0.25, 0.3) is 5.56 Å². The molecule has 0 aliphatic heterocycles. The van der Waals surface area contributed by atoms with Crippen molar-refractivity contribution in [3.63, 3.8) is 0 Å². The summed E-state index contributed by atoms with van der Waals surface area (Å²) in [4.78, 5) is 35.1. The van der Waals surface area contributed by atoms with Gasteiger partial charge in [-0.15, -0.1) is 0 Å². The molecule has 5 rings (SSSR count). The highest BCUT2D eigenvalue weighted by Gasteiger charge is 2.22. The van der Waals surface area contributed by atoms with Crippen LogP contribution in [0.3, 0.4) is 0 Å². The van der Waals surface area contributed by atoms with Gasteiger partial charge in [-0.05, 0) is 36.8 Å². The van der Waals surface area contributed by atoms with E-state index in [0.717, 1.165) is 10.9 Å². The lowest BCUT2D eigenvalue weighted by Crippen LogP contribution is -2.25. The van der Waals surface area contributed by atoms with Crippen LogP contribution in [0.25, 0.3) is 10.9 Å². The molecule has 39 heavy (non-hydrogen) atoms. The van der Waals surface area contributed by atoms with Crippen molar-refractivity contribution in [2.24, 2.45) is 7.05 Å². The third-order valence-corrected chi connectivity index (χ3v) is 6.69. The lowest BCUT2D eigenvalue weighted by Gasteiger charge is -2.12. The molecule has 0 N–H and O–H groups in total. The number of ketones is 1. The van der Waals surface area contributed by atoms with Gasteiger partial charge >= 0.3 is 0 Å². The predicted molar refractivity (Wildman–Crippen MR) is 147 cm³/mol. The Hall–Kier alpha value is -4.92. The van der Waals surface area contributed by atoms with Gasteiger partial charge in [-0.25, -0.2) is 4.68 Å². The van der Waals surface area contributed by atoms with Crippen LogP contribution in [0.4, 0.5) is 0 Å². The Morgan fingerprint density at radius 3 is 2.36 bits per heavy atom. The number of carbonyl (C=O) groups excluding carboxylic acids is 1. The summed E-state index contributed by atoms with van der Waals surface area (Å²) >= 11 is 0. The van der Waals surface area contributed by atoms with Gasteiger partial charge in [0.05, 0.1) is 38.9 Å². The van der Waals surface area contributed by atoms with E-state index in [9.17, 15) is 9.59 Å². The first-order valence-electron chi connectivity index (χ1n) is 12.4. The topological polar surface area (TPSA) is 97.5 Å². The molecule has 0 atom stereocenters. The molecule has 198 valence electrons. The minimum absolute atomic E-state index is 0.000884. The van der Waals surface area contributed by atoms with Crippen LogP contribution in [0.2, 0.25) is 0 Å². The van der Waals surface area contributed by atoms with Gasteiger partial charge in [-0.1, -0.05) is 30.3 Å². The Bertz CT molecular complexity index is 1710. The Morgan fingerprint density at radius 2 is 1.67 bits per heavy atom.